The van der Waals surface area contributed by atoms with Crippen LogP contribution in [-0.4, -0.2) is 20.5 Å². The maximum Gasteiger partial charge on any atom is 0.163 e. The highest BCUT2D eigenvalue weighted by Gasteiger charge is 2.30. The van der Waals surface area contributed by atoms with Crippen molar-refractivity contribution in [1.82, 2.24) is 14.8 Å². The summed E-state index contributed by atoms with van der Waals surface area (Å²) in [7, 11) is 0. The second-order valence-electron chi connectivity index (χ2n) is 6.26. The van der Waals surface area contributed by atoms with Gasteiger partial charge >= 0.3 is 0 Å². The van der Waals surface area contributed by atoms with Crippen molar-refractivity contribution in [3.8, 4) is 5.00 Å². The standard InChI is InChI=1S/C21H24N4S/c1-7-10-12-16(11-8-2)19-18-13(4)14(5)26-21(18)25-15(6)23-24-20(25)17(9-3)22-19/h7-8,10-12,17H,1-2,9H2,3-6H3/b12-10-,16-11+. The van der Waals surface area contributed by atoms with Crippen LogP contribution in [0.3, 0.4) is 0 Å². The molecule has 1 atom stereocenters. The molecule has 0 spiro atoms. The molecule has 0 bridgehead atoms. The first kappa shape index (κ1) is 18.3. The maximum atomic E-state index is 5.13. The molecule has 26 heavy (non-hydrogen) atoms. The lowest BCUT2D eigenvalue weighted by Crippen LogP contribution is -2.07. The summed E-state index contributed by atoms with van der Waals surface area (Å²) in [4.78, 5) is 6.41. The predicted octanol–water partition coefficient (Wildman–Crippen LogP) is 5.36. The summed E-state index contributed by atoms with van der Waals surface area (Å²) < 4.78 is 2.17. The Morgan fingerprint density at radius 3 is 2.62 bits per heavy atom. The van der Waals surface area contributed by atoms with E-state index in [0.717, 1.165) is 39.9 Å². The van der Waals surface area contributed by atoms with E-state index in [0.29, 0.717) is 0 Å². The smallest absolute Gasteiger partial charge is 0.163 e. The fraction of sp³-hybridized carbons (Fsp3) is 0.286. The molecule has 1 aliphatic rings. The molecule has 1 unspecified atom stereocenters. The first-order chi connectivity index (χ1) is 12.5. The van der Waals surface area contributed by atoms with Gasteiger partial charge in [-0.05, 0) is 32.8 Å². The third kappa shape index (κ3) is 2.92. The second kappa shape index (κ2) is 7.38. The molecule has 3 heterocycles. The van der Waals surface area contributed by atoms with Crippen molar-refractivity contribution in [2.45, 2.75) is 40.2 Å². The number of aryl methyl sites for hydroxylation is 2. The third-order valence-electron chi connectivity index (χ3n) is 4.61. The molecule has 0 N–H and O–H groups in total. The molecule has 2 aromatic rings. The summed E-state index contributed by atoms with van der Waals surface area (Å²) in [6, 6.07) is -0.0316. The minimum Gasteiger partial charge on any atom is -0.273 e. The number of rotatable bonds is 5. The molecule has 1 aliphatic heterocycles. The Kier molecular flexibility index (Phi) is 5.18. The first-order valence-electron chi connectivity index (χ1n) is 8.76. The van der Waals surface area contributed by atoms with Crippen LogP contribution in [0.15, 0.2) is 54.1 Å². The van der Waals surface area contributed by atoms with E-state index in [-0.39, 0.29) is 6.04 Å². The van der Waals surface area contributed by atoms with Gasteiger partial charge in [-0.15, -0.1) is 21.5 Å². The van der Waals surface area contributed by atoms with Crippen LogP contribution < -0.4 is 0 Å². The molecular weight excluding hydrogens is 340 g/mol. The number of thiophene rings is 1. The Hall–Kier alpha value is -2.53. The van der Waals surface area contributed by atoms with Gasteiger partial charge in [-0.1, -0.05) is 50.5 Å². The number of aromatic nitrogens is 3. The molecule has 0 saturated carbocycles. The van der Waals surface area contributed by atoms with Crippen LogP contribution in [0.5, 0.6) is 0 Å². The van der Waals surface area contributed by atoms with E-state index >= 15 is 0 Å². The molecule has 5 heteroatoms. The van der Waals surface area contributed by atoms with E-state index in [1.807, 2.05) is 25.2 Å². The van der Waals surface area contributed by atoms with Crippen LogP contribution >= 0.6 is 11.3 Å². The zero-order valence-electron chi connectivity index (χ0n) is 15.8. The van der Waals surface area contributed by atoms with E-state index in [1.54, 1.807) is 23.5 Å². The topological polar surface area (TPSA) is 43.1 Å². The lowest BCUT2D eigenvalue weighted by molar-refractivity contribution is 0.641. The van der Waals surface area contributed by atoms with Gasteiger partial charge in [0.2, 0.25) is 0 Å². The lowest BCUT2D eigenvalue weighted by Gasteiger charge is -2.11. The van der Waals surface area contributed by atoms with E-state index in [2.05, 4.69) is 48.7 Å². The highest BCUT2D eigenvalue weighted by Crippen LogP contribution is 2.39. The molecule has 0 aliphatic carbocycles. The van der Waals surface area contributed by atoms with E-state index < -0.39 is 0 Å². The summed E-state index contributed by atoms with van der Waals surface area (Å²) >= 11 is 1.77. The first-order valence-corrected chi connectivity index (χ1v) is 9.57. The quantitative estimate of drug-likeness (QED) is 0.670. The molecule has 0 aromatic carbocycles. The summed E-state index contributed by atoms with van der Waals surface area (Å²) in [5.74, 6) is 1.81. The molecule has 0 saturated heterocycles. The molecular formula is C21H24N4S. The summed E-state index contributed by atoms with van der Waals surface area (Å²) in [6.45, 7) is 16.1. The van der Waals surface area contributed by atoms with Gasteiger partial charge in [-0.3, -0.25) is 9.56 Å². The Bertz CT molecular complexity index is 953. The van der Waals surface area contributed by atoms with Gasteiger partial charge in [-0.2, -0.15) is 0 Å². The van der Waals surface area contributed by atoms with Crippen molar-refractivity contribution < 1.29 is 0 Å². The zero-order valence-corrected chi connectivity index (χ0v) is 16.6. The summed E-state index contributed by atoms with van der Waals surface area (Å²) in [5.41, 5.74) is 4.42. The van der Waals surface area contributed by atoms with Crippen molar-refractivity contribution in [2.75, 3.05) is 0 Å². The molecule has 134 valence electrons. The molecule has 2 aromatic heterocycles. The number of nitrogens with zero attached hydrogens (tertiary/aromatic N) is 4. The van der Waals surface area contributed by atoms with Gasteiger partial charge in [0.05, 0.1) is 5.71 Å². The van der Waals surface area contributed by atoms with Crippen LogP contribution in [0.25, 0.3) is 5.00 Å². The fourth-order valence-corrected chi connectivity index (χ4v) is 4.39. The van der Waals surface area contributed by atoms with Crippen LogP contribution in [0, 0.1) is 20.8 Å². The number of hydrogen-bond donors (Lipinski definition) is 0. The lowest BCUT2D eigenvalue weighted by atomic mass is 9.98. The van der Waals surface area contributed by atoms with Gasteiger partial charge < -0.3 is 0 Å². The number of hydrogen-bond acceptors (Lipinski definition) is 4. The van der Waals surface area contributed by atoms with Crippen molar-refractivity contribution in [1.29, 1.82) is 0 Å². The van der Waals surface area contributed by atoms with Gasteiger partial charge in [-0.25, -0.2) is 0 Å². The van der Waals surface area contributed by atoms with Crippen LogP contribution in [0.1, 0.15) is 47.0 Å². The van der Waals surface area contributed by atoms with Gasteiger partial charge in [0.15, 0.2) is 5.82 Å². The number of allylic oxidation sites excluding steroid dienone is 6. The molecule has 4 nitrogen and oxygen atoms in total. The van der Waals surface area contributed by atoms with Gasteiger partial charge in [0.1, 0.15) is 16.9 Å². The monoisotopic (exact) mass is 364 g/mol. The van der Waals surface area contributed by atoms with E-state index in [9.17, 15) is 0 Å². The maximum absolute atomic E-state index is 5.13. The Morgan fingerprint density at radius 1 is 1.19 bits per heavy atom. The van der Waals surface area contributed by atoms with Crippen molar-refractivity contribution >= 4 is 17.0 Å². The third-order valence-corrected chi connectivity index (χ3v) is 5.80. The summed E-state index contributed by atoms with van der Waals surface area (Å²) in [6.07, 6.45) is 10.4. The molecule has 0 radical (unpaired) electrons. The van der Waals surface area contributed by atoms with Gasteiger partial charge in [0, 0.05) is 16.0 Å². The van der Waals surface area contributed by atoms with Crippen molar-refractivity contribution in [2.24, 2.45) is 4.99 Å². The second-order valence-corrected chi connectivity index (χ2v) is 7.46. The SMILES string of the molecule is C=C/C=C\C(=C/C=C)C1=NC(CC)c2nnc(C)n2-c2sc(C)c(C)c21. The number of aliphatic imine (C=N–C) groups is 1. The average Bonchev–Trinajstić information content (AvgIpc) is 3.09. The van der Waals surface area contributed by atoms with Gasteiger partial charge in [0.25, 0.3) is 0 Å². The van der Waals surface area contributed by atoms with E-state index in [1.165, 1.54) is 10.4 Å². The Balaban J connectivity index is 2.37. The van der Waals surface area contributed by atoms with Crippen molar-refractivity contribution in [3.05, 3.63) is 76.8 Å². The number of fused-ring (bicyclic) bond motifs is 3. The minimum atomic E-state index is -0.0316. The highest BCUT2D eigenvalue weighted by atomic mass is 32.1. The fourth-order valence-electron chi connectivity index (χ4n) is 3.17. The average molecular weight is 365 g/mol. The van der Waals surface area contributed by atoms with Crippen molar-refractivity contribution in [3.63, 3.8) is 0 Å². The normalized spacial score (nSPS) is 16.8. The zero-order chi connectivity index (χ0) is 18.8. The van der Waals surface area contributed by atoms with Crippen LogP contribution in [0.4, 0.5) is 0 Å². The van der Waals surface area contributed by atoms with Crippen LogP contribution in [0.2, 0.25) is 0 Å². The Morgan fingerprint density at radius 2 is 1.96 bits per heavy atom. The highest BCUT2D eigenvalue weighted by molar-refractivity contribution is 7.15. The van der Waals surface area contributed by atoms with Crippen LogP contribution in [-0.2, 0) is 0 Å². The molecule has 3 rings (SSSR count). The summed E-state index contributed by atoms with van der Waals surface area (Å²) in [5, 5.41) is 9.92. The molecule has 0 amide bonds. The predicted molar refractivity (Wildman–Crippen MR) is 111 cm³/mol. The largest absolute Gasteiger partial charge is 0.273 e. The minimum absolute atomic E-state index is 0.0316. The Labute approximate surface area is 159 Å². The molecule has 0 fully saturated rings. The van der Waals surface area contributed by atoms with E-state index in [4.69, 9.17) is 4.99 Å².